The van der Waals surface area contributed by atoms with Gasteiger partial charge in [-0.1, -0.05) is 6.42 Å². The van der Waals surface area contributed by atoms with Crippen molar-refractivity contribution in [3.8, 4) is 0 Å². The lowest BCUT2D eigenvalue weighted by molar-refractivity contribution is -0.139. The van der Waals surface area contributed by atoms with Gasteiger partial charge >= 0.3 is 5.97 Å². The monoisotopic (exact) mass is 200 g/mol. The molecule has 1 aliphatic heterocycles. The van der Waals surface area contributed by atoms with Crippen molar-refractivity contribution in [2.24, 2.45) is 11.7 Å². The maximum Gasteiger partial charge on any atom is 0.320 e. The van der Waals surface area contributed by atoms with Gasteiger partial charge in [0.2, 0.25) is 5.91 Å². The van der Waals surface area contributed by atoms with Gasteiger partial charge in [0.25, 0.3) is 0 Å². The number of amides is 1. The van der Waals surface area contributed by atoms with Gasteiger partial charge in [0.15, 0.2) is 0 Å². The van der Waals surface area contributed by atoms with Crippen molar-refractivity contribution in [1.29, 1.82) is 0 Å². The third kappa shape index (κ3) is 2.99. The third-order valence-corrected chi connectivity index (χ3v) is 2.51. The molecule has 4 N–H and O–H groups in total. The smallest absolute Gasteiger partial charge is 0.320 e. The molecule has 2 atom stereocenters. The number of nitrogens with two attached hydrogens (primary N) is 1. The first-order valence-corrected chi connectivity index (χ1v) is 4.87. The van der Waals surface area contributed by atoms with Crippen LogP contribution in [-0.4, -0.2) is 29.6 Å². The predicted octanol–water partition coefficient (Wildman–Crippen LogP) is -0.295. The Kier molecular flexibility index (Phi) is 3.88. The lowest BCUT2D eigenvalue weighted by atomic mass is 9.95. The molecule has 5 nitrogen and oxygen atoms in total. The minimum Gasteiger partial charge on any atom is -0.480 e. The Hall–Kier alpha value is -1.10. The Balaban J connectivity index is 2.48. The molecule has 5 heteroatoms. The molecular formula is C9H16N2O3. The van der Waals surface area contributed by atoms with Gasteiger partial charge in [0.05, 0.1) is 0 Å². The van der Waals surface area contributed by atoms with Gasteiger partial charge in [-0.05, 0) is 19.3 Å². The Morgan fingerprint density at radius 1 is 1.64 bits per heavy atom. The van der Waals surface area contributed by atoms with E-state index >= 15 is 0 Å². The van der Waals surface area contributed by atoms with Crippen LogP contribution >= 0.6 is 0 Å². The Morgan fingerprint density at radius 3 is 3.00 bits per heavy atom. The summed E-state index contributed by atoms with van der Waals surface area (Å²) < 4.78 is 0. The van der Waals surface area contributed by atoms with Crippen LogP contribution in [0.5, 0.6) is 0 Å². The second-order valence-electron chi connectivity index (χ2n) is 3.66. The van der Waals surface area contributed by atoms with Crippen molar-refractivity contribution >= 4 is 11.9 Å². The second-order valence-corrected chi connectivity index (χ2v) is 3.66. The molecule has 0 aliphatic carbocycles. The second kappa shape index (κ2) is 4.95. The normalized spacial score (nSPS) is 24.9. The molecule has 0 aromatic heterocycles. The van der Waals surface area contributed by atoms with Gasteiger partial charge in [-0.15, -0.1) is 0 Å². The van der Waals surface area contributed by atoms with E-state index in [1.54, 1.807) is 0 Å². The average molecular weight is 200 g/mol. The van der Waals surface area contributed by atoms with Crippen LogP contribution in [0.4, 0.5) is 0 Å². The van der Waals surface area contributed by atoms with Gasteiger partial charge < -0.3 is 16.2 Å². The van der Waals surface area contributed by atoms with Crippen LogP contribution in [0, 0.1) is 5.92 Å². The zero-order chi connectivity index (χ0) is 10.6. The van der Waals surface area contributed by atoms with E-state index in [1.165, 1.54) is 0 Å². The van der Waals surface area contributed by atoms with Crippen LogP contribution < -0.4 is 11.1 Å². The summed E-state index contributed by atoms with van der Waals surface area (Å²) in [5.41, 5.74) is 5.38. The fourth-order valence-electron chi connectivity index (χ4n) is 1.63. The average Bonchev–Trinajstić information content (AvgIpc) is 2.32. The topological polar surface area (TPSA) is 92.4 Å². The lowest BCUT2D eigenvalue weighted by Gasteiger charge is -2.15. The van der Waals surface area contributed by atoms with Crippen LogP contribution in [0.1, 0.15) is 25.7 Å². The molecule has 1 amide bonds. The first-order chi connectivity index (χ1) is 6.61. The van der Waals surface area contributed by atoms with Crippen LogP contribution in [-0.2, 0) is 9.59 Å². The molecule has 2 unspecified atom stereocenters. The van der Waals surface area contributed by atoms with Gasteiger partial charge in [-0.2, -0.15) is 0 Å². The van der Waals surface area contributed by atoms with Crippen molar-refractivity contribution in [3.05, 3.63) is 0 Å². The van der Waals surface area contributed by atoms with Gasteiger partial charge in [0, 0.05) is 12.5 Å². The van der Waals surface area contributed by atoms with Crippen molar-refractivity contribution in [2.75, 3.05) is 6.54 Å². The third-order valence-electron chi connectivity index (χ3n) is 2.51. The minimum atomic E-state index is -1.04. The van der Waals surface area contributed by atoms with E-state index in [0.717, 1.165) is 19.3 Å². The maximum atomic E-state index is 11.4. The minimum absolute atomic E-state index is 0.0563. The highest BCUT2D eigenvalue weighted by atomic mass is 16.4. The van der Waals surface area contributed by atoms with Gasteiger partial charge in [-0.3, -0.25) is 9.59 Å². The fraction of sp³-hybridized carbons (Fsp3) is 0.778. The molecule has 1 fully saturated rings. The number of rotatable bonds is 3. The van der Waals surface area contributed by atoms with E-state index in [2.05, 4.69) is 5.32 Å². The zero-order valence-electron chi connectivity index (χ0n) is 8.03. The highest BCUT2D eigenvalue weighted by Crippen LogP contribution is 2.17. The van der Waals surface area contributed by atoms with Crippen LogP contribution in [0.25, 0.3) is 0 Å². The summed E-state index contributed by atoms with van der Waals surface area (Å²) >= 11 is 0. The summed E-state index contributed by atoms with van der Waals surface area (Å²) in [7, 11) is 0. The van der Waals surface area contributed by atoms with Gasteiger partial charge in [0.1, 0.15) is 6.04 Å². The number of carbonyl (C=O) groups is 2. The maximum absolute atomic E-state index is 11.4. The summed E-state index contributed by atoms with van der Waals surface area (Å²) in [6.45, 7) is 0.692. The Labute approximate surface area is 82.7 Å². The van der Waals surface area contributed by atoms with E-state index < -0.39 is 12.0 Å². The van der Waals surface area contributed by atoms with E-state index in [0.29, 0.717) is 6.54 Å². The number of hydrogen-bond donors (Lipinski definition) is 3. The predicted molar refractivity (Wildman–Crippen MR) is 50.6 cm³/mol. The first kappa shape index (κ1) is 11.0. The first-order valence-electron chi connectivity index (χ1n) is 4.87. The van der Waals surface area contributed by atoms with Crippen LogP contribution in [0.15, 0.2) is 0 Å². The molecule has 0 aromatic rings. The number of carboxylic acids is 1. The molecule has 0 radical (unpaired) electrons. The van der Waals surface area contributed by atoms with Crippen LogP contribution in [0.3, 0.4) is 0 Å². The number of hydrogen-bond acceptors (Lipinski definition) is 3. The summed E-state index contributed by atoms with van der Waals surface area (Å²) in [6, 6.07) is -0.927. The Bertz CT molecular complexity index is 230. The molecule has 0 aromatic carbocycles. The molecule has 14 heavy (non-hydrogen) atoms. The summed E-state index contributed by atoms with van der Waals surface area (Å²) in [4.78, 5) is 21.9. The number of nitrogens with one attached hydrogen (secondary N) is 1. The SMILES string of the molecule is NC(CC1CCCCNC1=O)C(=O)O. The molecule has 1 rings (SSSR count). The quantitative estimate of drug-likeness (QED) is 0.583. The van der Waals surface area contributed by atoms with Crippen molar-refractivity contribution in [1.82, 2.24) is 5.32 Å². The summed E-state index contributed by atoms with van der Waals surface area (Å²) in [5, 5.41) is 11.4. The number of carboxylic acid groups (broad SMARTS) is 1. The number of carbonyl (C=O) groups excluding carboxylic acids is 1. The summed E-state index contributed by atoms with van der Waals surface area (Å²) in [6.07, 6.45) is 2.90. The Morgan fingerprint density at radius 2 is 2.36 bits per heavy atom. The largest absolute Gasteiger partial charge is 0.480 e. The molecular weight excluding hydrogens is 184 g/mol. The van der Waals surface area contributed by atoms with E-state index in [9.17, 15) is 9.59 Å². The van der Waals surface area contributed by atoms with Crippen LogP contribution in [0.2, 0.25) is 0 Å². The standard InChI is InChI=1S/C9H16N2O3/c10-7(9(13)14)5-6-3-1-2-4-11-8(6)12/h6-7H,1-5,10H2,(H,11,12)(H,13,14). The lowest BCUT2D eigenvalue weighted by Crippen LogP contribution is -2.37. The van der Waals surface area contributed by atoms with Crippen molar-refractivity contribution in [2.45, 2.75) is 31.7 Å². The molecule has 0 bridgehead atoms. The fourth-order valence-corrected chi connectivity index (χ4v) is 1.63. The van der Waals surface area contributed by atoms with E-state index in [1.807, 2.05) is 0 Å². The molecule has 1 aliphatic rings. The highest BCUT2D eigenvalue weighted by molar-refractivity contribution is 5.80. The zero-order valence-corrected chi connectivity index (χ0v) is 8.03. The molecule has 80 valence electrons. The summed E-state index contributed by atoms with van der Waals surface area (Å²) in [5.74, 6) is -1.33. The number of aliphatic carboxylic acids is 1. The molecule has 0 spiro atoms. The molecule has 1 saturated heterocycles. The molecule has 1 heterocycles. The highest BCUT2D eigenvalue weighted by Gasteiger charge is 2.25. The van der Waals surface area contributed by atoms with Crippen molar-refractivity contribution < 1.29 is 14.7 Å². The van der Waals surface area contributed by atoms with E-state index in [4.69, 9.17) is 10.8 Å². The van der Waals surface area contributed by atoms with Gasteiger partial charge in [-0.25, -0.2) is 0 Å². The van der Waals surface area contributed by atoms with Crippen molar-refractivity contribution in [3.63, 3.8) is 0 Å². The molecule has 0 saturated carbocycles. The van der Waals surface area contributed by atoms with E-state index in [-0.39, 0.29) is 18.2 Å².